The van der Waals surface area contributed by atoms with Crippen molar-refractivity contribution in [1.29, 1.82) is 0 Å². The highest BCUT2D eigenvalue weighted by atomic mass is 32.1. The first kappa shape index (κ1) is 16.4. The van der Waals surface area contributed by atoms with Crippen molar-refractivity contribution >= 4 is 27.5 Å². The number of ether oxygens (including phenoxy) is 1. The molecule has 124 valence electrons. The Morgan fingerprint density at radius 1 is 1.21 bits per heavy atom. The van der Waals surface area contributed by atoms with E-state index in [1.54, 1.807) is 6.92 Å². The Balaban J connectivity index is 1.83. The predicted octanol–water partition coefficient (Wildman–Crippen LogP) is 3.13. The smallest absolute Gasteiger partial charge is 0.326 e. The number of hydrogen-bond acceptors (Lipinski definition) is 5. The van der Waals surface area contributed by atoms with Crippen molar-refractivity contribution in [2.75, 3.05) is 0 Å². The molecule has 5 nitrogen and oxygen atoms in total. The minimum Gasteiger partial charge on any atom is -0.459 e. The number of esters is 1. The SMILES string of the molecule is Cc1sc2nc(C)n(CC(=O)OCc3ccccc3)c(=O)c2c1C. The van der Waals surface area contributed by atoms with E-state index in [9.17, 15) is 9.59 Å². The molecule has 0 aliphatic carbocycles. The van der Waals surface area contributed by atoms with E-state index >= 15 is 0 Å². The van der Waals surface area contributed by atoms with Gasteiger partial charge in [0, 0.05) is 4.88 Å². The first-order chi connectivity index (χ1) is 11.5. The average molecular weight is 342 g/mol. The molecule has 0 unspecified atom stereocenters. The average Bonchev–Trinajstić information content (AvgIpc) is 2.85. The minimum atomic E-state index is -0.449. The van der Waals surface area contributed by atoms with Crippen LogP contribution in [0.5, 0.6) is 0 Å². The summed E-state index contributed by atoms with van der Waals surface area (Å²) in [7, 11) is 0. The first-order valence-electron chi connectivity index (χ1n) is 7.64. The van der Waals surface area contributed by atoms with Crippen LogP contribution in [-0.2, 0) is 22.7 Å². The van der Waals surface area contributed by atoms with Gasteiger partial charge in [-0.2, -0.15) is 0 Å². The van der Waals surface area contributed by atoms with Gasteiger partial charge in [-0.3, -0.25) is 14.2 Å². The summed E-state index contributed by atoms with van der Waals surface area (Å²) in [6.07, 6.45) is 0. The van der Waals surface area contributed by atoms with Gasteiger partial charge < -0.3 is 4.74 Å². The zero-order valence-electron chi connectivity index (χ0n) is 13.8. The normalized spacial score (nSPS) is 11.0. The standard InChI is InChI=1S/C18H18N2O3S/c1-11-12(2)24-17-16(11)18(22)20(13(3)19-17)9-15(21)23-10-14-7-5-4-6-8-14/h4-8H,9-10H2,1-3H3. The molecule has 2 heterocycles. The molecule has 0 N–H and O–H groups in total. The fourth-order valence-corrected chi connectivity index (χ4v) is 3.59. The molecule has 3 aromatic rings. The third-order valence-electron chi connectivity index (χ3n) is 4.01. The van der Waals surface area contributed by atoms with Gasteiger partial charge in [0.15, 0.2) is 0 Å². The summed E-state index contributed by atoms with van der Waals surface area (Å²) in [5.74, 6) is 0.0696. The first-order valence-corrected chi connectivity index (χ1v) is 8.45. The molecule has 1 aromatic carbocycles. The van der Waals surface area contributed by atoms with Gasteiger partial charge in [0.1, 0.15) is 23.8 Å². The van der Waals surface area contributed by atoms with Gasteiger partial charge in [0.25, 0.3) is 5.56 Å². The highest BCUT2D eigenvalue weighted by Crippen LogP contribution is 2.26. The lowest BCUT2D eigenvalue weighted by Gasteiger charge is -2.10. The van der Waals surface area contributed by atoms with Crippen molar-refractivity contribution in [3.63, 3.8) is 0 Å². The summed E-state index contributed by atoms with van der Waals surface area (Å²) in [4.78, 5) is 31.1. The number of fused-ring (bicyclic) bond motifs is 1. The van der Waals surface area contributed by atoms with Crippen molar-refractivity contribution in [1.82, 2.24) is 9.55 Å². The third kappa shape index (κ3) is 3.10. The Bertz CT molecular complexity index is 958. The number of benzene rings is 1. The van der Waals surface area contributed by atoms with Gasteiger partial charge in [0.05, 0.1) is 5.39 Å². The van der Waals surface area contributed by atoms with Crippen LogP contribution in [0.4, 0.5) is 0 Å². The maximum atomic E-state index is 12.7. The van der Waals surface area contributed by atoms with Crippen LogP contribution in [0.1, 0.15) is 21.8 Å². The number of aromatic nitrogens is 2. The molecular formula is C18H18N2O3S. The molecule has 3 rings (SSSR count). The van der Waals surface area contributed by atoms with Crippen LogP contribution in [-0.4, -0.2) is 15.5 Å². The van der Waals surface area contributed by atoms with E-state index in [0.717, 1.165) is 20.8 Å². The molecule has 0 atom stereocenters. The van der Waals surface area contributed by atoms with E-state index in [4.69, 9.17) is 4.74 Å². The lowest BCUT2D eigenvalue weighted by molar-refractivity contribution is -0.145. The lowest BCUT2D eigenvalue weighted by Crippen LogP contribution is -2.28. The molecule has 24 heavy (non-hydrogen) atoms. The summed E-state index contributed by atoms with van der Waals surface area (Å²) >= 11 is 1.50. The summed E-state index contributed by atoms with van der Waals surface area (Å²) in [6.45, 7) is 5.67. The second-order valence-electron chi connectivity index (χ2n) is 5.66. The Hall–Kier alpha value is -2.47. The summed E-state index contributed by atoms with van der Waals surface area (Å²) in [6, 6.07) is 9.45. The Morgan fingerprint density at radius 3 is 2.62 bits per heavy atom. The maximum Gasteiger partial charge on any atom is 0.326 e. The van der Waals surface area contributed by atoms with Crippen LogP contribution in [0.25, 0.3) is 10.2 Å². The Morgan fingerprint density at radius 2 is 1.92 bits per heavy atom. The zero-order valence-corrected chi connectivity index (χ0v) is 14.6. The van der Waals surface area contributed by atoms with E-state index in [2.05, 4.69) is 4.98 Å². The number of carbonyl (C=O) groups excluding carboxylic acids is 1. The molecule has 0 aliphatic rings. The third-order valence-corrected chi connectivity index (χ3v) is 5.11. The molecule has 0 spiro atoms. The molecule has 0 saturated carbocycles. The van der Waals surface area contributed by atoms with Crippen molar-refractivity contribution in [2.45, 2.75) is 33.9 Å². The second kappa shape index (κ2) is 6.57. The fraction of sp³-hybridized carbons (Fsp3) is 0.278. The van der Waals surface area contributed by atoms with E-state index in [-0.39, 0.29) is 18.7 Å². The van der Waals surface area contributed by atoms with Gasteiger partial charge in [-0.15, -0.1) is 11.3 Å². The molecule has 6 heteroatoms. The van der Waals surface area contributed by atoms with Crippen LogP contribution >= 0.6 is 11.3 Å². The number of hydrogen-bond donors (Lipinski definition) is 0. The Kier molecular flexibility index (Phi) is 4.49. The van der Waals surface area contributed by atoms with Crippen LogP contribution < -0.4 is 5.56 Å². The topological polar surface area (TPSA) is 61.2 Å². The van der Waals surface area contributed by atoms with E-state index < -0.39 is 5.97 Å². The number of carbonyl (C=O) groups is 1. The largest absolute Gasteiger partial charge is 0.459 e. The zero-order chi connectivity index (χ0) is 17.3. The summed E-state index contributed by atoms with van der Waals surface area (Å²) in [5, 5.41) is 0.596. The highest BCUT2D eigenvalue weighted by molar-refractivity contribution is 7.18. The van der Waals surface area contributed by atoms with E-state index in [1.807, 2.05) is 44.2 Å². The van der Waals surface area contributed by atoms with Crippen LogP contribution in [0, 0.1) is 20.8 Å². The summed E-state index contributed by atoms with van der Waals surface area (Å²) < 4.78 is 6.65. The fourth-order valence-electron chi connectivity index (χ4n) is 2.53. The molecule has 0 aliphatic heterocycles. The van der Waals surface area contributed by atoms with Crippen LogP contribution in [0.2, 0.25) is 0 Å². The number of aryl methyl sites for hydroxylation is 3. The predicted molar refractivity (Wildman–Crippen MR) is 94.3 cm³/mol. The van der Waals surface area contributed by atoms with Gasteiger partial charge in [-0.1, -0.05) is 30.3 Å². The molecule has 0 fully saturated rings. The van der Waals surface area contributed by atoms with Crippen molar-refractivity contribution in [2.24, 2.45) is 0 Å². The maximum absolute atomic E-state index is 12.7. The monoisotopic (exact) mass is 342 g/mol. The van der Waals surface area contributed by atoms with Crippen molar-refractivity contribution in [3.05, 3.63) is 62.5 Å². The van der Waals surface area contributed by atoms with Crippen LogP contribution in [0.15, 0.2) is 35.1 Å². The lowest BCUT2D eigenvalue weighted by atomic mass is 10.2. The van der Waals surface area contributed by atoms with Gasteiger partial charge >= 0.3 is 5.97 Å². The van der Waals surface area contributed by atoms with Gasteiger partial charge in [-0.25, -0.2) is 4.98 Å². The highest BCUT2D eigenvalue weighted by Gasteiger charge is 2.16. The molecule has 2 aromatic heterocycles. The number of nitrogens with zero attached hydrogens (tertiary/aromatic N) is 2. The molecular weight excluding hydrogens is 324 g/mol. The van der Waals surface area contributed by atoms with E-state index in [0.29, 0.717) is 11.2 Å². The van der Waals surface area contributed by atoms with E-state index in [1.165, 1.54) is 15.9 Å². The molecule has 0 bridgehead atoms. The van der Waals surface area contributed by atoms with Gasteiger partial charge in [-0.05, 0) is 31.9 Å². The number of rotatable bonds is 4. The van der Waals surface area contributed by atoms with Crippen molar-refractivity contribution in [3.8, 4) is 0 Å². The molecule has 0 saturated heterocycles. The summed E-state index contributed by atoms with van der Waals surface area (Å²) in [5.41, 5.74) is 1.66. The van der Waals surface area contributed by atoms with Crippen molar-refractivity contribution < 1.29 is 9.53 Å². The minimum absolute atomic E-state index is 0.130. The number of thiophene rings is 1. The quantitative estimate of drug-likeness (QED) is 0.684. The molecule has 0 amide bonds. The Labute approximate surface area is 143 Å². The second-order valence-corrected chi connectivity index (χ2v) is 6.86. The molecule has 0 radical (unpaired) electrons. The van der Waals surface area contributed by atoms with Gasteiger partial charge in [0.2, 0.25) is 0 Å². The van der Waals surface area contributed by atoms with Crippen LogP contribution in [0.3, 0.4) is 0 Å².